The number of imidazole rings is 1. The lowest BCUT2D eigenvalue weighted by atomic mass is 10.1. The van der Waals surface area contributed by atoms with E-state index in [1.807, 2.05) is 23.6 Å². The molecule has 0 atom stereocenters. The maximum atomic E-state index is 13.0. The van der Waals surface area contributed by atoms with Gasteiger partial charge in [-0.3, -0.25) is 18.8 Å². The Morgan fingerprint density at radius 1 is 1.11 bits per heavy atom. The fourth-order valence-corrected chi connectivity index (χ4v) is 5.68. The summed E-state index contributed by atoms with van der Waals surface area (Å²) in [4.78, 5) is 45.7. The van der Waals surface area contributed by atoms with Crippen LogP contribution in [-0.2, 0) is 20.9 Å². The summed E-state index contributed by atoms with van der Waals surface area (Å²) in [5.74, 6) is -0.343. The van der Waals surface area contributed by atoms with Gasteiger partial charge in [-0.15, -0.1) is 0 Å². The van der Waals surface area contributed by atoms with Crippen LogP contribution in [0.15, 0.2) is 65.4 Å². The molecule has 0 unspecified atom stereocenters. The van der Waals surface area contributed by atoms with Gasteiger partial charge in [0.2, 0.25) is 11.8 Å². The fraction of sp³-hybridized carbons (Fsp3) is 0.250. The number of benzene rings is 2. The molecule has 3 heterocycles. The van der Waals surface area contributed by atoms with Gasteiger partial charge in [0.05, 0.1) is 36.2 Å². The second kappa shape index (κ2) is 14.5. The Bertz CT molecular complexity index is 1770. The number of carbonyl (C=O) groups is 3. The van der Waals surface area contributed by atoms with Crippen molar-refractivity contribution in [3.05, 3.63) is 97.8 Å². The molecule has 234 valence electrons. The van der Waals surface area contributed by atoms with E-state index < -0.39 is 5.91 Å². The minimum absolute atomic E-state index is 0.0423. The van der Waals surface area contributed by atoms with Gasteiger partial charge in [-0.2, -0.15) is 0 Å². The molecule has 0 bridgehead atoms. The third-order valence-corrected chi connectivity index (χ3v) is 9.02. The molecule has 1 aliphatic heterocycles. The van der Waals surface area contributed by atoms with E-state index in [4.69, 9.17) is 32.7 Å². The number of nitrogens with one attached hydrogen (secondary N) is 1. The van der Waals surface area contributed by atoms with Crippen molar-refractivity contribution in [3.63, 3.8) is 0 Å². The first kappa shape index (κ1) is 32.5. The number of fused-ring (bicyclic) bond motifs is 1. The van der Waals surface area contributed by atoms with Crippen LogP contribution in [0.5, 0.6) is 5.75 Å². The zero-order valence-corrected chi connectivity index (χ0v) is 27.7. The normalized spacial score (nSPS) is 13.3. The van der Waals surface area contributed by atoms with E-state index in [0.717, 1.165) is 15.9 Å². The first-order valence-corrected chi connectivity index (χ1v) is 15.6. The SMILES string of the molecule is Cc1nc2c(OCc3c(Cl)ccc(N(C)C(=O)CNC(=O)/C=C/c4ccc(C(=O)N5CCOCC5)cc4)c3Cl)cccn2c1Br. The Hall–Kier alpha value is -3.90. The molecule has 2 aromatic heterocycles. The minimum atomic E-state index is -0.448. The van der Waals surface area contributed by atoms with Gasteiger partial charge in [0.15, 0.2) is 11.4 Å². The molecule has 3 amide bonds. The molecule has 0 radical (unpaired) electrons. The summed E-state index contributed by atoms with van der Waals surface area (Å²) in [5.41, 5.74) is 3.68. The zero-order valence-electron chi connectivity index (χ0n) is 24.6. The summed E-state index contributed by atoms with van der Waals surface area (Å²) in [7, 11) is 1.56. The van der Waals surface area contributed by atoms with Crippen LogP contribution in [0, 0.1) is 6.92 Å². The Morgan fingerprint density at radius 3 is 2.58 bits per heavy atom. The van der Waals surface area contributed by atoms with Crippen LogP contribution in [0.4, 0.5) is 5.69 Å². The number of amides is 3. The Balaban J connectivity index is 1.17. The first-order valence-electron chi connectivity index (χ1n) is 14.1. The number of ether oxygens (including phenoxy) is 2. The standard InChI is InChI=1S/C32H30BrCl2N5O5/c1-20-30(33)40-13-3-4-26(31(40)37-20)45-19-23-24(34)10-11-25(29(23)35)38(2)28(42)18-36-27(41)12-7-21-5-8-22(9-6-21)32(43)39-14-16-44-17-15-39/h3-13H,14-19H2,1-2H3,(H,36,41)/b12-7+. The number of hydrogen-bond donors (Lipinski definition) is 1. The van der Waals surface area contributed by atoms with Crippen molar-refractivity contribution >= 4 is 74.3 Å². The maximum Gasteiger partial charge on any atom is 0.254 e. The van der Waals surface area contributed by atoms with E-state index in [0.29, 0.717) is 59.5 Å². The summed E-state index contributed by atoms with van der Waals surface area (Å²) in [6, 6.07) is 13.9. The highest BCUT2D eigenvalue weighted by Crippen LogP contribution is 2.35. The molecule has 0 saturated carbocycles. The maximum absolute atomic E-state index is 13.0. The second-order valence-electron chi connectivity index (χ2n) is 10.2. The van der Waals surface area contributed by atoms with Gasteiger partial charge in [0, 0.05) is 48.6 Å². The third-order valence-electron chi connectivity index (χ3n) is 7.29. The van der Waals surface area contributed by atoms with Gasteiger partial charge in [-0.1, -0.05) is 35.3 Å². The van der Waals surface area contributed by atoms with Crippen molar-refractivity contribution in [1.82, 2.24) is 19.6 Å². The summed E-state index contributed by atoms with van der Waals surface area (Å²) >= 11 is 16.7. The molecule has 45 heavy (non-hydrogen) atoms. The molecule has 2 aromatic carbocycles. The molecular formula is C32H30BrCl2N5O5. The van der Waals surface area contributed by atoms with Crippen LogP contribution in [0.1, 0.15) is 27.2 Å². The molecule has 13 heteroatoms. The quantitative estimate of drug-likeness (QED) is 0.228. The predicted molar refractivity (Wildman–Crippen MR) is 177 cm³/mol. The van der Waals surface area contributed by atoms with Gasteiger partial charge in [-0.05, 0) is 70.9 Å². The number of aryl methyl sites for hydroxylation is 1. The van der Waals surface area contributed by atoms with Crippen LogP contribution < -0.4 is 15.0 Å². The number of halogens is 3. The van der Waals surface area contributed by atoms with Crippen LogP contribution in [0.2, 0.25) is 10.0 Å². The molecule has 1 saturated heterocycles. The lowest BCUT2D eigenvalue weighted by Crippen LogP contribution is -2.40. The number of pyridine rings is 1. The van der Waals surface area contributed by atoms with Crippen molar-refractivity contribution in [2.45, 2.75) is 13.5 Å². The molecule has 1 aliphatic rings. The fourth-order valence-electron chi connectivity index (χ4n) is 4.70. The van der Waals surface area contributed by atoms with Gasteiger partial charge < -0.3 is 24.6 Å². The Labute approximate surface area is 278 Å². The number of aromatic nitrogens is 2. The topological polar surface area (TPSA) is 105 Å². The van der Waals surface area contributed by atoms with Crippen LogP contribution >= 0.6 is 39.1 Å². The van der Waals surface area contributed by atoms with E-state index >= 15 is 0 Å². The lowest BCUT2D eigenvalue weighted by molar-refractivity contribution is -0.122. The van der Waals surface area contributed by atoms with Crippen molar-refractivity contribution < 1.29 is 23.9 Å². The van der Waals surface area contributed by atoms with E-state index in [-0.39, 0.29) is 30.0 Å². The molecule has 5 rings (SSSR count). The molecule has 0 aliphatic carbocycles. The number of likely N-dealkylation sites (N-methyl/N-ethyl adjacent to an activating group) is 1. The highest BCUT2D eigenvalue weighted by atomic mass is 79.9. The Morgan fingerprint density at radius 2 is 1.84 bits per heavy atom. The molecule has 1 fully saturated rings. The Kier molecular flexibility index (Phi) is 10.4. The zero-order chi connectivity index (χ0) is 32.1. The van der Waals surface area contributed by atoms with E-state index in [9.17, 15) is 14.4 Å². The van der Waals surface area contributed by atoms with Crippen molar-refractivity contribution in [1.29, 1.82) is 0 Å². The molecule has 10 nitrogen and oxygen atoms in total. The number of nitrogens with zero attached hydrogens (tertiary/aromatic N) is 4. The number of anilines is 1. The summed E-state index contributed by atoms with van der Waals surface area (Å²) in [5, 5.41) is 3.24. The minimum Gasteiger partial charge on any atom is -0.485 e. The van der Waals surface area contributed by atoms with Crippen LogP contribution in [0.3, 0.4) is 0 Å². The molecule has 0 spiro atoms. The monoisotopic (exact) mass is 713 g/mol. The van der Waals surface area contributed by atoms with Crippen LogP contribution in [-0.4, -0.2) is 71.9 Å². The van der Waals surface area contributed by atoms with Crippen molar-refractivity contribution in [2.24, 2.45) is 0 Å². The second-order valence-corrected chi connectivity index (χ2v) is 11.8. The third kappa shape index (κ3) is 7.50. The predicted octanol–water partition coefficient (Wildman–Crippen LogP) is 5.56. The van der Waals surface area contributed by atoms with E-state index in [2.05, 4.69) is 26.2 Å². The molecule has 1 N–H and O–H groups in total. The average molecular weight is 715 g/mol. The molecule has 4 aromatic rings. The summed E-state index contributed by atoms with van der Waals surface area (Å²) in [6.45, 7) is 3.87. The average Bonchev–Trinajstić information content (AvgIpc) is 3.35. The van der Waals surface area contributed by atoms with Crippen molar-refractivity contribution in [2.75, 3.05) is 44.8 Å². The smallest absolute Gasteiger partial charge is 0.254 e. The van der Waals surface area contributed by atoms with E-state index in [1.54, 1.807) is 60.5 Å². The lowest BCUT2D eigenvalue weighted by Gasteiger charge is -2.26. The van der Waals surface area contributed by atoms with Gasteiger partial charge in [0.25, 0.3) is 5.91 Å². The highest BCUT2D eigenvalue weighted by molar-refractivity contribution is 9.10. The van der Waals surface area contributed by atoms with Crippen molar-refractivity contribution in [3.8, 4) is 5.75 Å². The number of rotatable bonds is 9. The highest BCUT2D eigenvalue weighted by Gasteiger charge is 2.20. The number of morpholine rings is 1. The molecular weight excluding hydrogens is 685 g/mol. The first-order chi connectivity index (χ1) is 21.6. The summed E-state index contributed by atoms with van der Waals surface area (Å²) in [6.07, 6.45) is 4.81. The van der Waals surface area contributed by atoms with Gasteiger partial charge in [0.1, 0.15) is 11.2 Å². The number of hydrogen-bond acceptors (Lipinski definition) is 6. The number of carbonyl (C=O) groups excluding carboxylic acids is 3. The largest absolute Gasteiger partial charge is 0.485 e. The van der Waals surface area contributed by atoms with Crippen LogP contribution in [0.25, 0.3) is 11.7 Å². The van der Waals surface area contributed by atoms with E-state index in [1.165, 1.54) is 11.0 Å². The van der Waals surface area contributed by atoms with Gasteiger partial charge in [-0.25, -0.2) is 4.98 Å². The van der Waals surface area contributed by atoms with Gasteiger partial charge >= 0.3 is 0 Å². The summed E-state index contributed by atoms with van der Waals surface area (Å²) < 4.78 is 14.0.